The summed E-state index contributed by atoms with van der Waals surface area (Å²) in [5, 5.41) is 15.2. The van der Waals surface area contributed by atoms with Crippen molar-refractivity contribution in [1.29, 1.82) is 0 Å². The molecule has 0 saturated heterocycles. The Bertz CT molecular complexity index is 1710. The maximum atomic E-state index is 13.1. The molecule has 1 aliphatic rings. The number of nitro benzene ring substituents is 1. The Balaban J connectivity index is 1.51. The number of hydrogen-bond donors (Lipinski definition) is 1. The first kappa shape index (κ1) is 20.9. The van der Waals surface area contributed by atoms with Crippen molar-refractivity contribution < 1.29 is 18.6 Å². The molecular weight excluding hydrogens is 448 g/mol. The number of carbonyl (C=O) groups is 1. The molecule has 1 N–H and O–H groups in total. The highest BCUT2D eigenvalue weighted by molar-refractivity contribution is 6.13. The lowest BCUT2D eigenvalue weighted by molar-refractivity contribution is -0.384. The van der Waals surface area contributed by atoms with Gasteiger partial charge in [-0.1, -0.05) is 12.1 Å². The summed E-state index contributed by atoms with van der Waals surface area (Å²) in [5.74, 6) is -0.113. The van der Waals surface area contributed by atoms with Crippen LogP contribution in [0.4, 0.5) is 11.4 Å². The Morgan fingerprint density at radius 2 is 1.63 bits per heavy atom. The fourth-order valence-electron chi connectivity index (χ4n) is 4.70. The Labute approximate surface area is 197 Å². The van der Waals surface area contributed by atoms with Crippen molar-refractivity contribution in [2.45, 2.75) is 19.3 Å². The zero-order valence-corrected chi connectivity index (χ0v) is 18.4. The zero-order chi connectivity index (χ0) is 24.1. The van der Waals surface area contributed by atoms with Crippen LogP contribution in [0.2, 0.25) is 0 Å². The van der Waals surface area contributed by atoms with E-state index in [-0.39, 0.29) is 11.3 Å². The SMILES string of the molecule is O=C(Nc1c(-c2cc(=O)oc3cc4c(cc23)CCC4)oc2ccccc12)c1ccc([N+](=O)[O-])cc1. The van der Waals surface area contributed by atoms with Crippen molar-refractivity contribution in [1.82, 2.24) is 0 Å². The highest BCUT2D eigenvalue weighted by atomic mass is 16.6. The molecule has 0 spiro atoms. The molecule has 0 fully saturated rings. The third-order valence-electron chi connectivity index (χ3n) is 6.38. The number of nitrogens with zero attached hydrogens (tertiary/aromatic N) is 1. The molecular formula is C27H18N2O6. The van der Waals surface area contributed by atoms with E-state index in [0.717, 1.165) is 24.6 Å². The number of furan rings is 1. The third kappa shape index (κ3) is 3.56. The van der Waals surface area contributed by atoms with Crippen molar-refractivity contribution in [3.8, 4) is 11.3 Å². The Hall–Kier alpha value is -4.72. The quantitative estimate of drug-likeness (QED) is 0.202. The average molecular weight is 466 g/mol. The number of amides is 1. The number of aryl methyl sites for hydroxylation is 2. The van der Waals surface area contributed by atoms with E-state index in [9.17, 15) is 19.7 Å². The first-order valence-electron chi connectivity index (χ1n) is 11.2. The molecule has 172 valence electrons. The molecule has 0 radical (unpaired) electrons. The van der Waals surface area contributed by atoms with Gasteiger partial charge in [0.2, 0.25) is 0 Å². The van der Waals surface area contributed by atoms with Gasteiger partial charge in [-0.3, -0.25) is 14.9 Å². The maximum absolute atomic E-state index is 13.1. The van der Waals surface area contributed by atoms with Gasteiger partial charge in [-0.15, -0.1) is 0 Å². The lowest BCUT2D eigenvalue weighted by atomic mass is 10.0. The molecule has 0 bridgehead atoms. The molecule has 6 rings (SSSR count). The molecule has 3 aromatic carbocycles. The molecule has 1 amide bonds. The van der Waals surface area contributed by atoms with Gasteiger partial charge < -0.3 is 14.2 Å². The lowest BCUT2D eigenvalue weighted by Gasteiger charge is -2.10. The summed E-state index contributed by atoms with van der Waals surface area (Å²) in [6, 6.07) is 17.9. The van der Waals surface area contributed by atoms with Gasteiger partial charge >= 0.3 is 5.63 Å². The lowest BCUT2D eigenvalue weighted by Crippen LogP contribution is -2.12. The monoisotopic (exact) mass is 466 g/mol. The predicted molar refractivity (Wildman–Crippen MR) is 131 cm³/mol. The van der Waals surface area contributed by atoms with Gasteiger partial charge in [0.1, 0.15) is 11.2 Å². The summed E-state index contributed by atoms with van der Waals surface area (Å²) in [6.07, 6.45) is 2.94. The maximum Gasteiger partial charge on any atom is 0.336 e. The summed E-state index contributed by atoms with van der Waals surface area (Å²) >= 11 is 0. The molecule has 0 aliphatic heterocycles. The summed E-state index contributed by atoms with van der Waals surface area (Å²) < 4.78 is 11.7. The van der Waals surface area contributed by atoms with Gasteiger partial charge in [0.05, 0.1) is 10.6 Å². The fraction of sp³-hybridized carbons (Fsp3) is 0.111. The normalized spacial score (nSPS) is 12.7. The van der Waals surface area contributed by atoms with Crippen molar-refractivity contribution in [3.05, 3.63) is 104 Å². The zero-order valence-electron chi connectivity index (χ0n) is 18.4. The van der Waals surface area contributed by atoms with Crippen LogP contribution < -0.4 is 10.9 Å². The van der Waals surface area contributed by atoms with Crippen LogP contribution in [0.25, 0.3) is 33.3 Å². The Kier molecular flexibility index (Phi) is 4.74. The number of non-ortho nitro benzene ring substituents is 1. The van der Waals surface area contributed by atoms with Crippen LogP contribution in [0.15, 0.2) is 80.4 Å². The van der Waals surface area contributed by atoms with Crippen molar-refractivity contribution >= 4 is 39.2 Å². The highest BCUT2D eigenvalue weighted by Crippen LogP contribution is 2.41. The van der Waals surface area contributed by atoms with Crippen molar-refractivity contribution in [3.63, 3.8) is 0 Å². The molecule has 8 heteroatoms. The number of fused-ring (bicyclic) bond motifs is 3. The van der Waals surface area contributed by atoms with Crippen molar-refractivity contribution in [2.75, 3.05) is 5.32 Å². The minimum Gasteiger partial charge on any atom is -0.454 e. The van der Waals surface area contributed by atoms with Gasteiger partial charge in [-0.05, 0) is 66.8 Å². The molecule has 35 heavy (non-hydrogen) atoms. The number of nitrogens with one attached hydrogen (secondary N) is 1. The molecule has 5 aromatic rings. The number of para-hydroxylation sites is 1. The number of hydrogen-bond acceptors (Lipinski definition) is 6. The van der Waals surface area contributed by atoms with Crippen molar-refractivity contribution in [2.24, 2.45) is 0 Å². The minimum absolute atomic E-state index is 0.106. The van der Waals surface area contributed by atoms with Crippen LogP contribution in [0.3, 0.4) is 0 Å². The molecule has 0 saturated carbocycles. The van der Waals surface area contributed by atoms with E-state index in [2.05, 4.69) is 5.32 Å². The molecule has 2 heterocycles. The van der Waals surface area contributed by atoms with E-state index >= 15 is 0 Å². The first-order valence-corrected chi connectivity index (χ1v) is 11.2. The predicted octanol–water partition coefficient (Wildman–Crippen LogP) is 5.86. The summed E-state index contributed by atoms with van der Waals surface area (Å²) in [4.78, 5) is 36.0. The van der Waals surface area contributed by atoms with E-state index in [1.165, 1.54) is 41.5 Å². The number of nitro groups is 1. The van der Waals surface area contributed by atoms with E-state index < -0.39 is 16.5 Å². The van der Waals surface area contributed by atoms with E-state index in [0.29, 0.717) is 33.6 Å². The van der Waals surface area contributed by atoms with Crippen LogP contribution in [0.1, 0.15) is 27.9 Å². The van der Waals surface area contributed by atoms with Crippen LogP contribution in [-0.2, 0) is 12.8 Å². The van der Waals surface area contributed by atoms with E-state index in [1.807, 2.05) is 30.3 Å². The van der Waals surface area contributed by atoms with Crippen LogP contribution >= 0.6 is 0 Å². The van der Waals surface area contributed by atoms with Gasteiger partial charge in [-0.2, -0.15) is 0 Å². The summed E-state index contributed by atoms with van der Waals surface area (Å²) in [7, 11) is 0. The van der Waals surface area contributed by atoms with Gasteiger partial charge in [0.25, 0.3) is 11.6 Å². The van der Waals surface area contributed by atoms with Gasteiger partial charge in [0.15, 0.2) is 5.76 Å². The average Bonchev–Trinajstić information content (AvgIpc) is 3.46. The highest BCUT2D eigenvalue weighted by Gasteiger charge is 2.23. The number of benzene rings is 3. The fourth-order valence-corrected chi connectivity index (χ4v) is 4.70. The van der Waals surface area contributed by atoms with Gasteiger partial charge in [0, 0.05) is 40.1 Å². The number of anilines is 1. The first-order chi connectivity index (χ1) is 17.0. The van der Waals surface area contributed by atoms with Crippen LogP contribution in [-0.4, -0.2) is 10.8 Å². The molecule has 0 unspecified atom stereocenters. The second-order valence-electron chi connectivity index (χ2n) is 8.51. The number of carbonyl (C=O) groups excluding carboxylic acids is 1. The smallest absolute Gasteiger partial charge is 0.336 e. The minimum atomic E-state index is -0.522. The number of rotatable bonds is 4. The second kappa shape index (κ2) is 7.95. The van der Waals surface area contributed by atoms with Crippen LogP contribution in [0.5, 0.6) is 0 Å². The topological polar surface area (TPSA) is 116 Å². The molecule has 8 nitrogen and oxygen atoms in total. The van der Waals surface area contributed by atoms with E-state index in [1.54, 1.807) is 6.07 Å². The van der Waals surface area contributed by atoms with Crippen LogP contribution in [0, 0.1) is 10.1 Å². The molecule has 0 atom stereocenters. The molecule has 1 aliphatic carbocycles. The summed E-state index contributed by atoms with van der Waals surface area (Å²) in [5.41, 5.74) is 3.98. The summed E-state index contributed by atoms with van der Waals surface area (Å²) in [6.45, 7) is 0. The largest absolute Gasteiger partial charge is 0.454 e. The van der Waals surface area contributed by atoms with Gasteiger partial charge in [-0.25, -0.2) is 4.79 Å². The van der Waals surface area contributed by atoms with E-state index in [4.69, 9.17) is 8.83 Å². The third-order valence-corrected chi connectivity index (χ3v) is 6.38. The Morgan fingerprint density at radius 3 is 2.40 bits per heavy atom. The molecule has 2 aromatic heterocycles. The second-order valence-corrected chi connectivity index (χ2v) is 8.51. The Morgan fingerprint density at radius 1 is 0.886 bits per heavy atom. The standard InChI is InChI=1S/C27H18N2O6/c30-24-14-21(20-12-16-4-3-5-17(16)13-23(20)34-24)26-25(19-6-1-2-7-22(19)35-26)28-27(31)15-8-10-18(11-9-15)29(32)33/h1-2,6-14H,3-5H2,(H,28,31).